The lowest BCUT2D eigenvalue weighted by Crippen LogP contribution is -2.33. The van der Waals surface area contributed by atoms with Crippen molar-refractivity contribution in [1.29, 1.82) is 0 Å². The van der Waals surface area contributed by atoms with Gasteiger partial charge in [-0.2, -0.15) is 0 Å². The molecule has 0 atom stereocenters. The van der Waals surface area contributed by atoms with Crippen LogP contribution in [0.25, 0.3) is 0 Å². The second-order valence-corrected chi connectivity index (χ2v) is 3.69. The molecule has 0 spiro atoms. The van der Waals surface area contributed by atoms with E-state index >= 15 is 0 Å². The summed E-state index contributed by atoms with van der Waals surface area (Å²) in [4.78, 5) is 13.5. The summed E-state index contributed by atoms with van der Waals surface area (Å²) in [6.45, 7) is 2.87. The zero-order chi connectivity index (χ0) is 8.97. The van der Waals surface area contributed by atoms with Crippen LogP contribution in [0.2, 0.25) is 0 Å². The van der Waals surface area contributed by atoms with Crippen molar-refractivity contribution >= 4 is 5.91 Å². The highest BCUT2D eigenvalue weighted by Gasteiger charge is 2.22. The fourth-order valence-corrected chi connectivity index (χ4v) is 1.82. The maximum absolute atomic E-state index is 11.7. The van der Waals surface area contributed by atoms with E-state index in [2.05, 4.69) is 0 Å². The van der Waals surface area contributed by atoms with Crippen LogP contribution in [0.4, 0.5) is 0 Å². The van der Waals surface area contributed by atoms with Gasteiger partial charge in [0.1, 0.15) is 0 Å². The van der Waals surface area contributed by atoms with E-state index < -0.39 is 0 Å². The summed E-state index contributed by atoms with van der Waals surface area (Å²) in [5.41, 5.74) is 0. The van der Waals surface area contributed by atoms with Crippen LogP contribution < -0.4 is 0 Å². The average molecular weight is 169 g/mol. The Balaban J connectivity index is 2.39. The molecule has 1 aliphatic carbocycles. The van der Waals surface area contributed by atoms with Crippen molar-refractivity contribution in [3.05, 3.63) is 0 Å². The van der Waals surface area contributed by atoms with Crippen molar-refractivity contribution in [3.8, 4) is 0 Å². The average Bonchev–Trinajstić information content (AvgIpc) is 2.17. The largest absolute Gasteiger partial charge is 0.346 e. The van der Waals surface area contributed by atoms with Gasteiger partial charge in [0.25, 0.3) is 0 Å². The van der Waals surface area contributed by atoms with Crippen molar-refractivity contribution in [1.82, 2.24) is 4.90 Å². The molecule has 0 aromatic rings. The molecule has 0 aliphatic heterocycles. The van der Waals surface area contributed by atoms with E-state index in [0.717, 1.165) is 19.4 Å². The van der Waals surface area contributed by atoms with E-state index in [1.165, 1.54) is 19.3 Å². The SMILES string of the molecule is CCN(C)C(=O)C1CCCCC1. The maximum atomic E-state index is 11.7. The van der Waals surface area contributed by atoms with Crippen LogP contribution in [0, 0.1) is 5.92 Å². The van der Waals surface area contributed by atoms with Gasteiger partial charge in [-0.25, -0.2) is 0 Å². The standard InChI is InChI=1S/C10H19NO/c1-3-11(2)10(12)9-7-5-4-6-8-9/h9H,3-8H2,1-2H3. The van der Waals surface area contributed by atoms with E-state index in [-0.39, 0.29) is 0 Å². The van der Waals surface area contributed by atoms with Crippen molar-refractivity contribution in [2.75, 3.05) is 13.6 Å². The van der Waals surface area contributed by atoms with E-state index in [0.29, 0.717) is 11.8 Å². The fourth-order valence-electron chi connectivity index (χ4n) is 1.82. The van der Waals surface area contributed by atoms with E-state index in [9.17, 15) is 4.79 Å². The molecular formula is C10H19NO. The topological polar surface area (TPSA) is 20.3 Å². The first-order valence-corrected chi connectivity index (χ1v) is 5.00. The van der Waals surface area contributed by atoms with Crippen LogP contribution in [-0.4, -0.2) is 24.4 Å². The molecule has 0 radical (unpaired) electrons. The predicted molar refractivity (Wildman–Crippen MR) is 49.9 cm³/mol. The van der Waals surface area contributed by atoms with Crippen molar-refractivity contribution < 1.29 is 4.79 Å². The second-order valence-electron chi connectivity index (χ2n) is 3.69. The molecule has 0 N–H and O–H groups in total. The normalized spacial score (nSPS) is 19.2. The molecule has 0 saturated heterocycles. The molecule has 0 aromatic heterocycles. The van der Waals surface area contributed by atoms with Crippen LogP contribution in [0.15, 0.2) is 0 Å². The molecule has 1 rings (SSSR count). The zero-order valence-electron chi connectivity index (χ0n) is 8.18. The second kappa shape index (κ2) is 4.48. The van der Waals surface area contributed by atoms with Gasteiger partial charge in [0, 0.05) is 19.5 Å². The lowest BCUT2D eigenvalue weighted by Gasteiger charge is -2.25. The number of nitrogens with zero attached hydrogens (tertiary/aromatic N) is 1. The minimum Gasteiger partial charge on any atom is -0.346 e. The van der Waals surface area contributed by atoms with Gasteiger partial charge in [0.15, 0.2) is 0 Å². The van der Waals surface area contributed by atoms with Crippen LogP contribution in [0.1, 0.15) is 39.0 Å². The third-order valence-electron chi connectivity index (χ3n) is 2.80. The van der Waals surface area contributed by atoms with Gasteiger partial charge in [-0.15, -0.1) is 0 Å². The number of rotatable bonds is 2. The quantitative estimate of drug-likeness (QED) is 0.619. The molecule has 1 aliphatic rings. The number of amides is 1. The smallest absolute Gasteiger partial charge is 0.225 e. The van der Waals surface area contributed by atoms with Gasteiger partial charge in [0.2, 0.25) is 5.91 Å². The Morgan fingerprint density at radius 2 is 1.92 bits per heavy atom. The van der Waals surface area contributed by atoms with E-state index in [1.807, 2.05) is 18.9 Å². The first-order chi connectivity index (χ1) is 5.75. The third kappa shape index (κ3) is 2.23. The molecule has 1 saturated carbocycles. The summed E-state index contributed by atoms with van der Waals surface area (Å²) >= 11 is 0. The summed E-state index contributed by atoms with van der Waals surface area (Å²) < 4.78 is 0. The molecule has 2 nitrogen and oxygen atoms in total. The van der Waals surface area contributed by atoms with Crippen LogP contribution in [-0.2, 0) is 4.79 Å². The van der Waals surface area contributed by atoms with Gasteiger partial charge < -0.3 is 4.90 Å². The van der Waals surface area contributed by atoms with Gasteiger partial charge in [-0.05, 0) is 19.8 Å². The number of carbonyl (C=O) groups excluding carboxylic acids is 1. The van der Waals surface area contributed by atoms with Gasteiger partial charge in [-0.1, -0.05) is 19.3 Å². The van der Waals surface area contributed by atoms with Crippen LogP contribution in [0.5, 0.6) is 0 Å². The maximum Gasteiger partial charge on any atom is 0.225 e. The summed E-state index contributed by atoms with van der Waals surface area (Å²) in [5.74, 6) is 0.695. The van der Waals surface area contributed by atoms with E-state index in [1.54, 1.807) is 0 Å². The lowest BCUT2D eigenvalue weighted by molar-refractivity contribution is -0.134. The number of hydrogen-bond donors (Lipinski definition) is 0. The summed E-state index contributed by atoms with van der Waals surface area (Å²) in [7, 11) is 1.90. The Bertz CT molecular complexity index is 150. The summed E-state index contributed by atoms with van der Waals surface area (Å²) in [6, 6.07) is 0. The molecule has 70 valence electrons. The van der Waals surface area contributed by atoms with Crippen molar-refractivity contribution in [2.45, 2.75) is 39.0 Å². The Hall–Kier alpha value is -0.530. The fraction of sp³-hybridized carbons (Fsp3) is 0.900. The molecule has 12 heavy (non-hydrogen) atoms. The molecular weight excluding hydrogens is 150 g/mol. The van der Waals surface area contributed by atoms with E-state index in [4.69, 9.17) is 0 Å². The Labute approximate surface area is 74.9 Å². The first kappa shape index (κ1) is 9.56. The van der Waals surface area contributed by atoms with Crippen LogP contribution in [0.3, 0.4) is 0 Å². The Kier molecular flexibility index (Phi) is 3.57. The molecule has 1 fully saturated rings. The minimum absolute atomic E-state index is 0.337. The molecule has 0 unspecified atom stereocenters. The monoisotopic (exact) mass is 169 g/mol. The molecule has 0 aromatic carbocycles. The highest BCUT2D eigenvalue weighted by Crippen LogP contribution is 2.24. The van der Waals surface area contributed by atoms with Gasteiger partial charge in [0.05, 0.1) is 0 Å². The molecule has 0 heterocycles. The lowest BCUT2D eigenvalue weighted by atomic mass is 9.88. The third-order valence-corrected chi connectivity index (χ3v) is 2.80. The Morgan fingerprint density at radius 3 is 2.42 bits per heavy atom. The van der Waals surface area contributed by atoms with Gasteiger partial charge >= 0.3 is 0 Å². The van der Waals surface area contributed by atoms with Crippen LogP contribution >= 0.6 is 0 Å². The number of hydrogen-bond acceptors (Lipinski definition) is 1. The summed E-state index contributed by atoms with van der Waals surface area (Å²) in [6.07, 6.45) is 6.04. The van der Waals surface area contributed by atoms with Crippen molar-refractivity contribution in [2.24, 2.45) is 5.92 Å². The van der Waals surface area contributed by atoms with Crippen molar-refractivity contribution in [3.63, 3.8) is 0 Å². The number of carbonyl (C=O) groups is 1. The molecule has 2 heteroatoms. The first-order valence-electron chi connectivity index (χ1n) is 5.00. The Morgan fingerprint density at radius 1 is 1.33 bits per heavy atom. The minimum atomic E-state index is 0.337. The highest BCUT2D eigenvalue weighted by molar-refractivity contribution is 5.78. The molecule has 1 amide bonds. The van der Waals surface area contributed by atoms with Gasteiger partial charge in [-0.3, -0.25) is 4.79 Å². The highest BCUT2D eigenvalue weighted by atomic mass is 16.2. The summed E-state index contributed by atoms with van der Waals surface area (Å²) in [5, 5.41) is 0. The zero-order valence-corrected chi connectivity index (χ0v) is 8.18. The molecule has 0 bridgehead atoms. The predicted octanol–water partition coefficient (Wildman–Crippen LogP) is 2.04.